The summed E-state index contributed by atoms with van der Waals surface area (Å²) in [6, 6.07) is 15.0. The van der Waals surface area contributed by atoms with E-state index in [0.29, 0.717) is 30.1 Å². The fourth-order valence-electron chi connectivity index (χ4n) is 4.42. The molecule has 1 saturated heterocycles. The average molecular weight is 470 g/mol. The third-order valence-electron chi connectivity index (χ3n) is 6.19. The number of fused-ring (bicyclic) bond motifs is 1. The summed E-state index contributed by atoms with van der Waals surface area (Å²) in [5.41, 5.74) is 7.93. The molecule has 0 aliphatic carbocycles. The molecule has 2 aromatic heterocycles. The van der Waals surface area contributed by atoms with Crippen molar-refractivity contribution < 1.29 is 8.78 Å². The zero-order valence-electron chi connectivity index (χ0n) is 18.6. The van der Waals surface area contributed by atoms with E-state index in [9.17, 15) is 8.78 Å². The first kappa shape index (κ1) is 22.4. The van der Waals surface area contributed by atoms with Crippen molar-refractivity contribution >= 4 is 11.6 Å². The molecule has 0 saturated carbocycles. The lowest BCUT2D eigenvalue weighted by Gasteiger charge is -2.17. The second kappa shape index (κ2) is 9.09. The normalized spacial score (nSPS) is 15.8. The number of nitriles is 2. The molecule has 4 aromatic rings. The number of likely N-dealkylation sites (tertiary alicyclic amines) is 1. The van der Waals surface area contributed by atoms with Crippen LogP contribution in [0.3, 0.4) is 0 Å². The van der Waals surface area contributed by atoms with Crippen LogP contribution in [0.5, 0.6) is 0 Å². The number of hydrogen-bond acceptors (Lipinski definition) is 7. The zero-order valence-corrected chi connectivity index (χ0v) is 18.6. The number of nitrogens with two attached hydrogens (primary N) is 1. The molecule has 2 aromatic carbocycles. The number of hydrogen-bond donors (Lipinski definition) is 1. The third kappa shape index (κ3) is 4.27. The van der Waals surface area contributed by atoms with E-state index in [2.05, 4.69) is 26.0 Å². The number of rotatable bonds is 5. The second-order valence-electron chi connectivity index (χ2n) is 8.48. The van der Waals surface area contributed by atoms with Gasteiger partial charge in [0.05, 0.1) is 23.2 Å². The van der Waals surface area contributed by atoms with Crippen molar-refractivity contribution in [3.8, 4) is 23.4 Å². The SMILES string of the molecule is N#Cc1cccc(-c2cc3nc(Cc4c(F)cccc4CN4CC[C@H](C#N)C4)nn3c(N)n2)c1F. The van der Waals surface area contributed by atoms with E-state index in [4.69, 9.17) is 16.3 Å². The summed E-state index contributed by atoms with van der Waals surface area (Å²) in [4.78, 5) is 10.9. The molecule has 174 valence electrons. The van der Waals surface area contributed by atoms with Gasteiger partial charge in [0.25, 0.3) is 0 Å². The molecule has 2 N–H and O–H groups in total. The summed E-state index contributed by atoms with van der Waals surface area (Å²) >= 11 is 0. The lowest BCUT2D eigenvalue weighted by atomic mass is 10.0. The highest BCUT2D eigenvalue weighted by Crippen LogP contribution is 2.26. The Balaban J connectivity index is 1.47. The van der Waals surface area contributed by atoms with Gasteiger partial charge < -0.3 is 5.73 Å². The van der Waals surface area contributed by atoms with Crippen LogP contribution in [0.4, 0.5) is 14.7 Å². The molecular formula is C25H20F2N8. The van der Waals surface area contributed by atoms with Gasteiger partial charge in [-0.1, -0.05) is 18.2 Å². The Morgan fingerprint density at radius 3 is 2.71 bits per heavy atom. The Bertz CT molecular complexity index is 1510. The van der Waals surface area contributed by atoms with Crippen molar-refractivity contribution in [2.45, 2.75) is 19.4 Å². The maximum atomic E-state index is 14.9. The van der Waals surface area contributed by atoms with Crippen molar-refractivity contribution in [1.29, 1.82) is 10.5 Å². The highest BCUT2D eigenvalue weighted by molar-refractivity contribution is 5.67. The van der Waals surface area contributed by atoms with E-state index in [0.717, 1.165) is 18.5 Å². The quantitative estimate of drug-likeness (QED) is 0.474. The van der Waals surface area contributed by atoms with Crippen molar-refractivity contribution in [3.63, 3.8) is 0 Å². The number of nitrogens with zero attached hydrogens (tertiary/aromatic N) is 7. The van der Waals surface area contributed by atoms with Crippen molar-refractivity contribution in [3.05, 3.63) is 76.6 Å². The van der Waals surface area contributed by atoms with Crippen LogP contribution in [0.15, 0.2) is 42.5 Å². The molecule has 8 nitrogen and oxygen atoms in total. The Morgan fingerprint density at radius 2 is 1.94 bits per heavy atom. The van der Waals surface area contributed by atoms with Gasteiger partial charge in [-0.2, -0.15) is 15.0 Å². The highest BCUT2D eigenvalue weighted by Gasteiger charge is 2.24. The number of benzene rings is 2. The molecule has 35 heavy (non-hydrogen) atoms. The Morgan fingerprint density at radius 1 is 1.11 bits per heavy atom. The number of halogens is 2. The van der Waals surface area contributed by atoms with Crippen LogP contribution in [0, 0.1) is 40.2 Å². The van der Waals surface area contributed by atoms with Crippen LogP contribution >= 0.6 is 0 Å². The van der Waals surface area contributed by atoms with Gasteiger partial charge in [-0.3, -0.25) is 4.90 Å². The first-order valence-electron chi connectivity index (χ1n) is 11.1. The molecule has 1 atom stereocenters. The van der Waals surface area contributed by atoms with E-state index < -0.39 is 5.82 Å². The summed E-state index contributed by atoms with van der Waals surface area (Å²) in [6.45, 7) is 1.98. The van der Waals surface area contributed by atoms with Crippen LogP contribution in [-0.4, -0.2) is 37.6 Å². The molecule has 0 amide bonds. The topological polar surface area (TPSA) is 120 Å². The van der Waals surface area contributed by atoms with E-state index in [1.165, 1.54) is 28.8 Å². The van der Waals surface area contributed by atoms with Crippen molar-refractivity contribution in [2.75, 3.05) is 18.8 Å². The summed E-state index contributed by atoms with van der Waals surface area (Å²) in [5, 5.41) is 22.7. The summed E-state index contributed by atoms with van der Waals surface area (Å²) in [5.74, 6) is -0.728. The second-order valence-corrected chi connectivity index (χ2v) is 8.48. The van der Waals surface area contributed by atoms with E-state index in [1.807, 2.05) is 12.1 Å². The van der Waals surface area contributed by atoms with Crippen LogP contribution in [-0.2, 0) is 13.0 Å². The number of nitrogen functional groups attached to an aromatic ring is 1. The Labute approximate surface area is 199 Å². The fourth-order valence-corrected chi connectivity index (χ4v) is 4.42. The molecular weight excluding hydrogens is 450 g/mol. The minimum absolute atomic E-state index is 0.00419. The van der Waals surface area contributed by atoms with E-state index >= 15 is 0 Å². The Hall–Kier alpha value is -4.41. The molecule has 3 heterocycles. The van der Waals surface area contributed by atoms with Crippen LogP contribution in [0.25, 0.3) is 16.9 Å². The number of anilines is 1. The van der Waals surface area contributed by atoms with Crippen LogP contribution in [0.2, 0.25) is 0 Å². The maximum Gasteiger partial charge on any atom is 0.223 e. The van der Waals surface area contributed by atoms with Gasteiger partial charge in [0.1, 0.15) is 17.7 Å². The van der Waals surface area contributed by atoms with Crippen LogP contribution < -0.4 is 5.73 Å². The molecule has 5 rings (SSSR count). The van der Waals surface area contributed by atoms with E-state index in [1.54, 1.807) is 12.1 Å². The first-order valence-corrected chi connectivity index (χ1v) is 11.1. The number of aromatic nitrogens is 4. The van der Waals surface area contributed by atoms with Gasteiger partial charge in [-0.25, -0.2) is 18.7 Å². The lowest BCUT2D eigenvalue weighted by molar-refractivity contribution is 0.323. The minimum atomic E-state index is -0.692. The zero-order chi connectivity index (χ0) is 24.5. The summed E-state index contributed by atoms with van der Waals surface area (Å²) in [6.07, 6.45) is 0.938. The monoisotopic (exact) mass is 470 g/mol. The molecule has 1 fully saturated rings. The molecule has 1 aliphatic heterocycles. The minimum Gasteiger partial charge on any atom is -0.368 e. The van der Waals surface area contributed by atoms with E-state index in [-0.39, 0.29) is 40.9 Å². The average Bonchev–Trinajstić information content (AvgIpc) is 3.48. The molecule has 0 unspecified atom stereocenters. The molecule has 1 aliphatic rings. The molecule has 0 bridgehead atoms. The third-order valence-corrected chi connectivity index (χ3v) is 6.19. The predicted molar refractivity (Wildman–Crippen MR) is 124 cm³/mol. The predicted octanol–water partition coefficient (Wildman–Crippen LogP) is 3.46. The smallest absolute Gasteiger partial charge is 0.223 e. The standard InChI is InChI=1S/C25H20F2N8/c26-20-6-2-4-17(14-34-8-7-15(11-28)13-34)19(20)9-22-32-23-10-21(31-25(30)35(23)33-22)18-5-1-3-16(12-29)24(18)27/h1-6,10,15H,7-9,13-14H2,(H2,30,31)/t15-/m1/s1. The summed E-state index contributed by atoms with van der Waals surface area (Å²) < 4.78 is 30.8. The van der Waals surface area contributed by atoms with Gasteiger partial charge in [0.15, 0.2) is 11.5 Å². The Kier molecular flexibility index (Phi) is 5.81. The van der Waals surface area contributed by atoms with Gasteiger partial charge in [-0.15, -0.1) is 5.10 Å². The molecule has 10 heteroatoms. The van der Waals surface area contributed by atoms with Crippen molar-refractivity contribution in [2.24, 2.45) is 5.92 Å². The highest BCUT2D eigenvalue weighted by atomic mass is 19.1. The fraction of sp³-hybridized carbons (Fsp3) is 0.240. The van der Waals surface area contributed by atoms with Gasteiger partial charge in [0, 0.05) is 31.1 Å². The summed E-state index contributed by atoms with van der Waals surface area (Å²) in [7, 11) is 0. The first-order chi connectivity index (χ1) is 17.0. The van der Waals surface area contributed by atoms with Gasteiger partial charge >= 0.3 is 0 Å². The molecule has 0 radical (unpaired) electrons. The lowest BCUT2D eigenvalue weighted by Crippen LogP contribution is -2.21. The van der Waals surface area contributed by atoms with Gasteiger partial charge in [-0.05, 0) is 42.3 Å². The van der Waals surface area contributed by atoms with Crippen LogP contribution in [0.1, 0.15) is 28.9 Å². The van der Waals surface area contributed by atoms with Crippen molar-refractivity contribution in [1.82, 2.24) is 24.5 Å². The molecule has 0 spiro atoms. The van der Waals surface area contributed by atoms with Gasteiger partial charge in [0.2, 0.25) is 5.95 Å². The largest absolute Gasteiger partial charge is 0.368 e. The maximum absolute atomic E-state index is 14.9.